The van der Waals surface area contributed by atoms with E-state index in [-0.39, 0.29) is 42.7 Å². The number of hydrogen-bond donors (Lipinski definition) is 1. The third-order valence-electron chi connectivity index (χ3n) is 4.87. The minimum Gasteiger partial charge on any atom is -0.455 e. The van der Waals surface area contributed by atoms with Crippen LogP contribution in [0.5, 0.6) is 0 Å². The molecule has 0 saturated carbocycles. The SMILES string of the molecule is Cl.Cl.Cn1ccnc1SCc1ccc(C(=O)N2C[C@@H](N)[C@H](c3ccccc3)C2)o1. The number of imidazole rings is 1. The van der Waals surface area contributed by atoms with E-state index in [2.05, 4.69) is 17.1 Å². The second-order valence-corrected chi connectivity index (χ2v) is 7.71. The number of benzene rings is 1. The van der Waals surface area contributed by atoms with E-state index in [1.54, 1.807) is 28.9 Å². The predicted octanol–water partition coefficient (Wildman–Crippen LogP) is 3.72. The van der Waals surface area contributed by atoms with Crippen molar-refractivity contribution in [3.05, 3.63) is 71.9 Å². The van der Waals surface area contributed by atoms with Crippen LogP contribution in [-0.2, 0) is 12.8 Å². The van der Waals surface area contributed by atoms with Gasteiger partial charge >= 0.3 is 0 Å². The molecule has 2 N–H and O–H groups in total. The Morgan fingerprint density at radius 3 is 2.66 bits per heavy atom. The molecule has 1 fully saturated rings. The minimum absolute atomic E-state index is 0. The fraction of sp³-hybridized carbons (Fsp3) is 0.300. The van der Waals surface area contributed by atoms with Crippen LogP contribution in [-0.4, -0.2) is 39.5 Å². The van der Waals surface area contributed by atoms with Gasteiger partial charge in [-0.2, -0.15) is 0 Å². The van der Waals surface area contributed by atoms with Gasteiger partial charge in [0.2, 0.25) is 0 Å². The summed E-state index contributed by atoms with van der Waals surface area (Å²) in [5, 5.41) is 0.912. The monoisotopic (exact) mass is 454 g/mol. The molecular weight excluding hydrogens is 431 g/mol. The molecule has 3 heterocycles. The number of nitrogens with two attached hydrogens (primary N) is 1. The van der Waals surface area contributed by atoms with Gasteiger partial charge in [0.15, 0.2) is 10.9 Å². The highest BCUT2D eigenvalue weighted by atomic mass is 35.5. The number of carbonyl (C=O) groups excluding carboxylic acids is 1. The zero-order valence-corrected chi connectivity index (χ0v) is 18.4. The molecule has 0 bridgehead atoms. The largest absolute Gasteiger partial charge is 0.455 e. The Labute approximate surface area is 186 Å². The summed E-state index contributed by atoms with van der Waals surface area (Å²) in [6.07, 6.45) is 3.67. The molecule has 1 aliphatic rings. The fourth-order valence-electron chi connectivity index (χ4n) is 3.40. The third kappa shape index (κ3) is 5.17. The number of amides is 1. The molecule has 1 aliphatic heterocycles. The lowest BCUT2D eigenvalue weighted by atomic mass is 9.95. The van der Waals surface area contributed by atoms with E-state index in [0.29, 0.717) is 24.6 Å². The van der Waals surface area contributed by atoms with Gasteiger partial charge in [-0.3, -0.25) is 4.79 Å². The van der Waals surface area contributed by atoms with Gasteiger partial charge in [0, 0.05) is 44.5 Å². The standard InChI is InChI=1S/C20H22N4O2S.2ClH/c1-23-10-9-22-20(23)27-13-15-7-8-18(26-15)19(25)24-11-16(17(21)12-24)14-5-3-2-4-6-14;;/h2-10,16-17H,11-13,21H2,1H3;2*1H/t16-,17+;;/m0../s1. The Morgan fingerprint density at radius 1 is 1.21 bits per heavy atom. The number of aryl methyl sites for hydroxylation is 1. The first kappa shape index (κ1) is 23.3. The van der Waals surface area contributed by atoms with E-state index in [4.69, 9.17) is 10.2 Å². The maximum atomic E-state index is 12.8. The van der Waals surface area contributed by atoms with Crippen molar-refractivity contribution in [1.29, 1.82) is 0 Å². The van der Waals surface area contributed by atoms with Crippen LogP contribution >= 0.6 is 36.6 Å². The highest BCUT2D eigenvalue weighted by molar-refractivity contribution is 7.98. The lowest BCUT2D eigenvalue weighted by Crippen LogP contribution is -2.32. The van der Waals surface area contributed by atoms with E-state index in [1.165, 1.54) is 5.56 Å². The van der Waals surface area contributed by atoms with Gasteiger partial charge in [-0.05, 0) is 17.7 Å². The van der Waals surface area contributed by atoms with Crippen LogP contribution < -0.4 is 5.73 Å². The van der Waals surface area contributed by atoms with E-state index in [9.17, 15) is 4.79 Å². The van der Waals surface area contributed by atoms with E-state index in [1.807, 2.05) is 42.1 Å². The highest BCUT2D eigenvalue weighted by Gasteiger charge is 2.35. The normalized spacial score (nSPS) is 18.2. The molecule has 0 aliphatic carbocycles. The van der Waals surface area contributed by atoms with E-state index >= 15 is 0 Å². The predicted molar refractivity (Wildman–Crippen MR) is 119 cm³/mol. The number of aromatic nitrogens is 2. The molecule has 29 heavy (non-hydrogen) atoms. The van der Waals surface area contributed by atoms with E-state index < -0.39 is 0 Å². The second-order valence-electron chi connectivity index (χ2n) is 6.77. The second kappa shape index (κ2) is 10.2. The topological polar surface area (TPSA) is 77.3 Å². The summed E-state index contributed by atoms with van der Waals surface area (Å²) in [5.41, 5.74) is 7.47. The molecule has 156 valence electrons. The lowest BCUT2D eigenvalue weighted by molar-refractivity contribution is 0.0756. The smallest absolute Gasteiger partial charge is 0.289 e. The zero-order valence-electron chi connectivity index (χ0n) is 15.9. The van der Waals surface area contributed by atoms with Crippen molar-refractivity contribution < 1.29 is 9.21 Å². The molecule has 0 radical (unpaired) electrons. The Hall–Kier alpha value is -1.93. The van der Waals surface area contributed by atoms with Crippen LogP contribution in [0.1, 0.15) is 27.8 Å². The average Bonchev–Trinajstić information content (AvgIpc) is 3.40. The van der Waals surface area contributed by atoms with Crippen LogP contribution in [0, 0.1) is 0 Å². The van der Waals surface area contributed by atoms with Gasteiger partial charge in [-0.1, -0.05) is 42.1 Å². The van der Waals surface area contributed by atoms with Crippen molar-refractivity contribution in [2.45, 2.75) is 22.9 Å². The number of hydrogen-bond acceptors (Lipinski definition) is 5. The average molecular weight is 455 g/mol. The summed E-state index contributed by atoms with van der Waals surface area (Å²) in [7, 11) is 1.95. The molecule has 6 nitrogen and oxygen atoms in total. The van der Waals surface area contributed by atoms with Crippen LogP contribution in [0.4, 0.5) is 0 Å². The molecule has 1 amide bonds. The fourth-order valence-corrected chi connectivity index (χ4v) is 4.23. The van der Waals surface area contributed by atoms with Crippen LogP contribution in [0.15, 0.2) is 64.4 Å². The van der Waals surface area contributed by atoms with E-state index in [0.717, 1.165) is 10.9 Å². The number of carbonyl (C=O) groups is 1. The third-order valence-corrected chi connectivity index (χ3v) is 5.95. The molecule has 4 rings (SSSR count). The van der Waals surface area contributed by atoms with Crippen molar-refractivity contribution in [2.75, 3.05) is 13.1 Å². The van der Waals surface area contributed by atoms with Gasteiger partial charge in [-0.15, -0.1) is 24.8 Å². The van der Waals surface area contributed by atoms with Crippen molar-refractivity contribution in [1.82, 2.24) is 14.5 Å². The van der Waals surface area contributed by atoms with Crippen molar-refractivity contribution in [3.63, 3.8) is 0 Å². The molecule has 2 atom stereocenters. The quantitative estimate of drug-likeness (QED) is 0.594. The Morgan fingerprint density at radius 2 is 1.97 bits per heavy atom. The minimum atomic E-state index is -0.0999. The number of rotatable bonds is 5. The van der Waals surface area contributed by atoms with Gasteiger partial charge in [0.25, 0.3) is 5.91 Å². The van der Waals surface area contributed by atoms with Gasteiger partial charge < -0.3 is 19.6 Å². The zero-order chi connectivity index (χ0) is 18.8. The number of halogens is 2. The lowest BCUT2D eigenvalue weighted by Gasteiger charge is -2.15. The van der Waals surface area contributed by atoms with Gasteiger partial charge in [0.05, 0.1) is 5.75 Å². The number of thioether (sulfide) groups is 1. The van der Waals surface area contributed by atoms with Crippen LogP contribution in [0.3, 0.4) is 0 Å². The summed E-state index contributed by atoms with van der Waals surface area (Å²) in [4.78, 5) is 18.9. The maximum absolute atomic E-state index is 12.8. The van der Waals surface area contributed by atoms with Gasteiger partial charge in [0.1, 0.15) is 5.76 Å². The summed E-state index contributed by atoms with van der Waals surface area (Å²) >= 11 is 1.58. The molecule has 9 heteroatoms. The summed E-state index contributed by atoms with van der Waals surface area (Å²) in [6.45, 7) is 1.15. The molecule has 0 spiro atoms. The summed E-state index contributed by atoms with van der Waals surface area (Å²) in [6, 6.07) is 13.7. The molecule has 1 aromatic carbocycles. The Kier molecular flexibility index (Phi) is 8.22. The number of likely N-dealkylation sites (tertiary alicyclic amines) is 1. The van der Waals surface area contributed by atoms with Gasteiger partial charge in [-0.25, -0.2) is 4.98 Å². The highest BCUT2D eigenvalue weighted by Crippen LogP contribution is 2.28. The molecule has 0 unspecified atom stereocenters. The molecule has 2 aromatic heterocycles. The van der Waals surface area contributed by atoms with Crippen molar-refractivity contribution in [3.8, 4) is 0 Å². The first-order valence-electron chi connectivity index (χ1n) is 8.90. The van der Waals surface area contributed by atoms with Crippen molar-refractivity contribution >= 4 is 42.5 Å². The Bertz CT molecular complexity index is 931. The first-order valence-corrected chi connectivity index (χ1v) is 9.89. The number of furan rings is 1. The number of nitrogens with zero attached hydrogens (tertiary/aromatic N) is 3. The van der Waals surface area contributed by atoms with Crippen molar-refractivity contribution in [2.24, 2.45) is 12.8 Å². The Balaban J connectivity index is 0.00000150. The van der Waals surface area contributed by atoms with Crippen LogP contribution in [0.2, 0.25) is 0 Å². The van der Waals surface area contributed by atoms with Crippen LogP contribution in [0.25, 0.3) is 0 Å². The molecule has 1 saturated heterocycles. The first-order chi connectivity index (χ1) is 13.1. The molecular formula is C20H24Cl2N4O2S. The summed E-state index contributed by atoms with van der Waals surface area (Å²) in [5.74, 6) is 1.81. The molecule has 3 aromatic rings. The summed E-state index contributed by atoms with van der Waals surface area (Å²) < 4.78 is 7.74. The maximum Gasteiger partial charge on any atom is 0.289 e.